The van der Waals surface area contributed by atoms with Crippen LogP contribution in [-0.2, 0) is 14.9 Å². The van der Waals surface area contributed by atoms with Crippen LogP contribution in [0.4, 0.5) is 0 Å². The van der Waals surface area contributed by atoms with E-state index in [1.165, 1.54) is 115 Å². The van der Waals surface area contributed by atoms with Gasteiger partial charge >= 0.3 is 0 Å². The summed E-state index contributed by atoms with van der Waals surface area (Å²) in [6, 6.07) is -1.22. The number of nitrogens with one attached hydrogen (secondary N) is 1. The number of allylic oxidation sites excluding steroid dienone is 1. The molecule has 0 rings (SSSR count). The van der Waals surface area contributed by atoms with E-state index in [1.807, 2.05) is 0 Å². The smallest absolute Gasteiger partial charge is 0.267 e. The van der Waals surface area contributed by atoms with Gasteiger partial charge in [0.15, 0.2) is 0 Å². The van der Waals surface area contributed by atoms with Crippen LogP contribution < -0.4 is 5.32 Å². The highest BCUT2D eigenvalue weighted by Crippen LogP contribution is 2.15. The summed E-state index contributed by atoms with van der Waals surface area (Å²) in [6.45, 7) is 4.42. The van der Waals surface area contributed by atoms with E-state index in [0.29, 0.717) is 6.42 Å². The van der Waals surface area contributed by atoms with Crippen molar-refractivity contribution >= 4 is 16.0 Å². The number of aliphatic hydroxyl groups is 2. The van der Waals surface area contributed by atoms with E-state index in [4.69, 9.17) is 0 Å². The van der Waals surface area contributed by atoms with Gasteiger partial charge in [0.1, 0.15) is 6.10 Å². The molecule has 0 aromatic carbocycles. The molecule has 0 aromatic heterocycles. The Hall–Kier alpha value is -0.960. The topological polar surface area (TPSA) is 124 Å². The minimum atomic E-state index is -4.42. The summed E-state index contributed by atoms with van der Waals surface area (Å²) in [7, 11) is -4.42. The minimum absolute atomic E-state index is 0.285. The number of hydrogen-bond donors (Lipinski definition) is 4. The Labute approximate surface area is 272 Å². The van der Waals surface area contributed by atoms with E-state index in [-0.39, 0.29) is 6.42 Å². The molecule has 0 aromatic rings. The zero-order chi connectivity index (χ0) is 32.7. The number of rotatable bonds is 33. The number of carbonyl (C=O) groups is 1. The number of hydrogen-bond acceptors (Lipinski definition) is 5. The lowest BCUT2D eigenvalue weighted by atomic mass is 10.0. The third-order valence-corrected chi connectivity index (χ3v) is 9.35. The van der Waals surface area contributed by atoms with Crippen molar-refractivity contribution in [3.8, 4) is 0 Å². The van der Waals surface area contributed by atoms with Gasteiger partial charge < -0.3 is 15.5 Å². The Morgan fingerprint density at radius 2 is 0.977 bits per heavy atom. The molecular weight excluding hydrogens is 574 g/mol. The lowest BCUT2D eigenvalue weighted by molar-refractivity contribution is -0.130. The van der Waals surface area contributed by atoms with Gasteiger partial charge in [-0.2, -0.15) is 8.42 Å². The summed E-state index contributed by atoms with van der Waals surface area (Å²) in [5.41, 5.74) is 0. The largest absolute Gasteiger partial charge is 0.387 e. The molecule has 0 heterocycles. The zero-order valence-electron chi connectivity index (χ0n) is 28.7. The average molecular weight is 646 g/mol. The van der Waals surface area contributed by atoms with Gasteiger partial charge in [0.05, 0.1) is 17.9 Å². The van der Waals surface area contributed by atoms with Crippen LogP contribution in [-0.4, -0.2) is 53.1 Å². The Morgan fingerprint density at radius 1 is 0.614 bits per heavy atom. The predicted octanol–water partition coefficient (Wildman–Crippen LogP) is 9.21. The molecule has 44 heavy (non-hydrogen) atoms. The molecule has 0 saturated carbocycles. The Balaban J connectivity index is 3.88. The standard InChI is InChI=1S/C36H71NO6S/c1-3-5-7-9-11-12-13-14-15-16-17-18-19-20-21-22-23-25-27-29-31-35(39)36(40)37-33(32-44(41,42)43)34(38)30-28-26-24-10-8-6-4-2/h28,30,33-35,38-39H,3-27,29,31-32H2,1-2H3,(H,37,40)(H,41,42,43)/b30-28+. The van der Waals surface area contributed by atoms with Gasteiger partial charge in [0.25, 0.3) is 10.1 Å². The maximum absolute atomic E-state index is 12.5. The molecule has 262 valence electrons. The lowest BCUT2D eigenvalue weighted by Gasteiger charge is -2.22. The molecule has 0 spiro atoms. The third-order valence-electron chi connectivity index (χ3n) is 8.57. The monoisotopic (exact) mass is 646 g/mol. The molecule has 3 atom stereocenters. The van der Waals surface area contributed by atoms with Crippen molar-refractivity contribution in [1.29, 1.82) is 0 Å². The van der Waals surface area contributed by atoms with Crippen molar-refractivity contribution < 1.29 is 28.0 Å². The number of aliphatic hydroxyl groups excluding tert-OH is 2. The SMILES string of the molecule is CCCCCCC/C=C/C(O)C(CS(=O)(=O)O)NC(=O)C(O)CCCCCCCCCCCCCCCCCCCCCC. The molecule has 4 N–H and O–H groups in total. The fourth-order valence-corrected chi connectivity index (χ4v) is 6.43. The van der Waals surface area contributed by atoms with Crippen molar-refractivity contribution in [2.75, 3.05) is 5.75 Å². The molecule has 1 amide bonds. The van der Waals surface area contributed by atoms with Crippen molar-refractivity contribution in [3.05, 3.63) is 12.2 Å². The second-order valence-corrected chi connectivity index (χ2v) is 14.5. The van der Waals surface area contributed by atoms with Gasteiger partial charge in [0, 0.05) is 0 Å². The van der Waals surface area contributed by atoms with Crippen molar-refractivity contribution in [2.24, 2.45) is 0 Å². The maximum atomic E-state index is 12.5. The van der Waals surface area contributed by atoms with Crippen molar-refractivity contribution in [2.45, 2.75) is 205 Å². The molecule has 0 aliphatic carbocycles. The summed E-state index contributed by atoms with van der Waals surface area (Å²) in [5, 5.41) is 23.2. The highest BCUT2D eigenvalue weighted by molar-refractivity contribution is 7.85. The van der Waals surface area contributed by atoms with Crippen molar-refractivity contribution in [1.82, 2.24) is 5.32 Å². The highest BCUT2D eigenvalue weighted by Gasteiger charge is 2.27. The maximum Gasteiger partial charge on any atom is 0.267 e. The fourth-order valence-electron chi connectivity index (χ4n) is 5.69. The van der Waals surface area contributed by atoms with Crippen molar-refractivity contribution in [3.63, 3.8) is 0 Å². The first-order chi connectivity index (χ1) is 21.2. The molecule has 0 aliphatic rings. The quantitative estimate of drug-likeness (QED) is 0.0320. The van der Waals surface area contributed by atoms with Gasteiger partial charge in [-0.1, -0.05) is 180 Å². The van der Waals surface area contributed by atoms with E-state index >= 15 is 0 Å². The average Bonchev–Trinajstić information content (AvgIpc) is 2.98. The van der Waals surface area contributed by atoms with E-state index in [0.717, 1.165) is 51.4 Å². The molecule has 0 radical (unpaired) electrons. The lowest BCUT2D eigenvalue weighted by Crippen LogP contribution is -2.50. The van der Waals surface area contributed by atoms with Crippen LogP contribution in [0, 0.1) is 0 Å². The molecule has 8 heteroatoms. The fraction of sp³-hybridized carbons (Fsp3) is 0.917. The molecule has 0 fully saturated rings. The Bertz CT molecular complexity index is 773. The second kappa shape index (κ2) is 30.7. The molecule has 0 aliphatic heterocycles. The summed E-state index contributed by atoms with van der Waals surface area (Å²) >= 11 is 0. The third kappa shape index (κ3) is 29.7. The normalized spacial score (nSPS) is 14.2. The van der Waals surface area contributed by atoms with Crippen LogP contribution in [0.5, 0.6) is 0 Å². The number of carbonyl (C=O) groups excluding carboxylic acids is 1. The molecule has 0 saturated heterocycles. The highest BCUT2D eigenvalue weighted by atomic mass is 32.2. The number of amides is 1. The van der Waals surface area contributed by atoms with Gasteiger partial charge in [-0.25, -0.2) is 0 Å². The van der Waals surface area contributed by atoms with Gasteiger partial charge in [0.2, 0.25) is 5.91 Å². The van der Waals surface area contributed by atoms with Gasteiger partial charge in [-0.3, -0.25) is 9.35 Å². The Morgan fingerprint density at radius 3 is 1.36 bits per heavy atom. The van der Waals surface area contributed by atoms with Gasteiger partial charge in [-0.05, 0) is 19.3 Å². The zero-order valence-corrected chi connectivity index (χ0v) is 29.5. The summed E-state index contributed by atoms with van der Waals surface area (Å²) in [5.74, 6) is -1.53. The van der Waals surface area contributed by atoms with Crippen LogP contribution in [0.3, 0.4) is 0 Å². The summed E-state index contributed by atoms with van der Waals surface area (Å²) in [6.07, 6.45) is 33.0. The van der Waals surface area contributed by atoms with Crippen LogP contribution >= 0.6 is 0 Å². The van der Waals surface area contributed by atoms with Crippen LogP contribution in [0.25, 0.3) is 0 Å². The number of unbranched alkanes of at least 4 members (excludes halogenated alkanes) is 24. The minimum Gasteiger partial charge on any atom is -0.387 e. The molecule has 3 unspecified atom stereocenters. The summed E-state index contributed by atoms with van der Waals surface area (Å²) in [4.78, 5) is 12.5. The molecular formula is C36H71NO6S. The first-order valence-corrected chi connectivity index (χ1v) is 20.1. The molecule has 7 nitrogen and oxygen atoms in total. The van der Waals surface area contributed by atoms with E-state index in [9.17, 15) is 28.0 Å². The van der Waals surface area contributed by atoms with E-state index in [1.54, 1.807) is 6.08 Å². The second-order valence-electron chi connectivity index (χ2n) is 13.0. The first kappa shape index (κ1) is 43.0. The van der Waals surface area contributed by atoms with E-state index < -0.39 is 40.0 Å². The van der Waals surface area contributed by atoms with Gasteiger partial charge in [-0.15, -0.1) is 0 Å². The Kier molecular flexibility index (Phi) is 30.0. The molecule has 0 bridgehead atoms. The summed E-state index contributed by atoms with van der Waals surface area (Å²) < 4.78 is 32.2. The van der Waals surface area contributed by atoms with E-state index in [2.05, 4.69) is 19.2 Å². The predicted molar refractivity (Wildman–Crippen MR) is 186 cm³/mol. The van der Waals surface area contributed by atoms with Crippen LogP contribution in [0.2, 0.25) is 0 Å². The van der Waals surface area contributed by atoms with Crippen LogP contribution in [0.1, 0.15) is 187 Å². The van der Waals surface area contributed by atoms with Crippen LogP contribution in [0.15, 0.2) is 12.2 Å². The first-order valence-electron chi connectivity index (χ1n) is 18.5.